The molecule has 0 radical (unpaired) electrons. The molecule has 0 aromatic carbocycles. The summed E-state index contributed by atoms with van der Waals surface area (Å²) in [5.74, 6) is 1.31. The van der Waals surface area contributed by atoms with Crippen LogP contribution in [0, 0.1) is 28.6 Å². The number of carboxylic acid groups (broad SMARTS) is 1. The second-order valence-corrected chi connectivity index (χ2v) is 11.3. The molecule has 7 atom stereocenters. The van der Waals surface area contributed by atoms with Gasteiger partial charge < -0.3 is 19.3 Å². The van der Waals surface area contributed by atoms with Gasteiger partial charge in [0.15, 0.2) is 6.29 Å². The maximum Gasteiger partial charge on any atom is 0.317 e. The molecule has 2 heterocycles. The summed E-state index contributed by atoms with van der Waals surface area (Å²) in [6.07, 6.45) is 8.51. The molecular formula is C25H43NO5. The Hall–Kier alpha value is -0.690. The van der Waals surface area contributed by atoms with E-state index in [9.17, 15) is 4.79 Å². The highest BCUT2D eigenvalue weighted by atomic mass is 16.7. The van der Waals surface area contributed by atoms with Crippen LogP contribution in [0.1, 0.15) is 72.6 Å². The molecule has 4 fully saturated rings. The fourth-order valence-corrected chi connectivity index (χ4v) is 7.69. The number of nitrogens with zero attached hydrogens (tertiary/aromatic N) is 1. The minimum atomic E-state index is -0.736. The number of carbonyl (C=O) groups is 1. The van der Waals surface area contributed by atoms with Gasteiger partial charge in [0.25, 0.3) is 0 Å². The normalized spacial score (nSPS) is 44.5. The zero-order chi connectivity index (χ0) is 22.2. The number of carboxylic acids is 1. The molecule has 2 aliphatic carbocycles. The molecule has 4 aliphatic rings. The largest absolute Gasteiger partial charge is 0.480 e. The van der Waals surface area contributed by atoms with Crippen molar-refractivity contribution in [3.63, 3.8) is 0 Å². The second-order valence-electron chi connectivity index (χ2n) is 11.3. The monoisotopic (exact) mass is 437 g/mol. The van der Waals surface area contributed by atoms with Crippen molar-refractivity contribution in [2.75, 3.05) is 32.8 Å². The van der Waals surface area contributed by atoms with E-state index in [0.717, 1.165) is 57.9 Å². The third kappa shape index (κ3) is 4.68. The molecule has 6 heteroatoms. The van der Waals surface area contributed by atoms with Crippen molar-refractivity contribution < 1.29 is 24.1 Å². The Morgan fingerprint density at radius 2 is 1.84 bits per heavy atom. The third-order valence-corrected chi connectivity index (χ3v) is 9.38. The summed E-state index contributed by atoms with van der Waals surface area (Å²) in [4.78, 5) is 12.9. The van der Waals surface area contributed by atoms with Gasteiger partial charge in [-0.25, -0.2) is 0 Å². The lowest BCUT2D eigenvalue weighted by Gasteiger charge is -2.63. The number of ether oxygens (including phenoxy) is 3. The van der Waals surface area contributed by atoms with Gasteiger partial charge >= 0.3 is 5.97 Å². The van der Waals surface area contributed by atoms with E-state index in [1.165, 1.54) is 19.3 Å². The molecule has 0 aromatic rings. The highest BCUT2D eigenvalue weighted by Crippen LogP contribution is 2.63. The zero-order valence-electron chi connectivity index (χ0n) is 20.0. The van der Waals surface area contributed by atoms with Crippen molar-refractivity contribution in [1.82, 2.24) is 4.90 Å². The fraction of sp³-hybridized carbons (Fsp3) is 0.960. The number of rotatable bonds is 6. The smallest absolute Gasteiger partial charge is 0.317 e. The van der Waals surface area contributed by atoms with Crippen molar-refractivity contribution in [2.24, 2.45) is 28.6 Å². The van der Waals surface area contributed by atoms with Crippen LogP contribution in [-0.4, -0.2) is 67.3 Å². The topological polar surface area (TPSA) is 68.2 Å². The molecule has 2 saturated carbocycles. The molecule has 0 spiro atoms. The van der Waals surface area contributed by atoms with E-state index in [1.807, 2.05) is 11.8 Å². The van der Waals surface area contributed by atoms with Gasteiger partial charge in [0, 0.05) is 25.1 Å². The number of likely N-dealkylation sites (tertiary alicyclic amines) is 1. The van der Waals surface area contributed by atoms with E-state index < -0.39 is 5.97 Å². The van der Waals surface area contributed by atoms with E-state index in [1.54, 1.807) is 0 Å². The Bertz CT molecular complexity index is 635. The van der Waals surface area contributed by atoms with Crippen LogP contribution in [0.2, 0.25) is 0 Å². The fourth-order valence-electron chi connectivity index (χ4n) is 7.69. The summed E-state index contributed by atoms with van der Waals surface area (Å²) in [5, 5.41) is 8.98. The summed E-state index contributed by atoms with van der Waals surface area (Å²) in [6, 6.07) is 0. The molecule has 1 N–H and O–H groups in total. The van der Waals surface area contributed by atoms with Gasteiger partial charge in [0.1, 0.15) is 0 Å². The number of hydrogen-bond donors (Lipinski definition) is 1. The van der Waals surface area contributed by atoms with Crippen LogP contribution in [0.3, 0.4) is 0 Å². The molecule has 31 heavy (non-hydrogen) atoms. The minimum absolute atomic E-state index is 0.0731. The Morgan fingerprint density at radius 1 is 1.10 bits per heavy atom. The van der Waals surface area contributed by atoms with Crippen molar-refractivity contribution in [1.29, 1.82) is 0 Å². The first kappa shape index (κ1) is 23.5. The maximum absolute atomic E-state index is 10.9. The Labute approximate surface area is 188 Å². The van der Waals surface area contributed by atoms with Gasteiger partial charge in [-0.05, 0) is 68.6 Å². The van der Waals surface area contributed by atoms with Crippen LogP contribution in [0.15, 0.2) is 0 Å². The molecule has 6 nitrogen and oxygen atoms in total. The van der Waals surface area contributed by atoms with Crippen LogP contribution >= 0.6 is 0 Å². The standard InChI is InChI=1S/C25H43NO5/c1-17-5-6-21-24(3,11-7-22-25(21,4)16-30-18(2)31-22)20(17)10-14-29-19-8-12-26(13-9-19)15-23(27)28/h17-22H,5-16H2,1-4H3,(H,27,28)/t17?,18-,20-,21?,22-,24+,25+/m1/s1. The van der Waals surface area contributed by atoms with Gasteiger partial charge in [-0.2, -0.15) is 0 Å². The van der Waals surface area contributed by atoms with E-state index in [-0.39, 0.29) is 24.4 Å². The predicted octanol–water partition coefficient (Wildman–Crippen LogP) is 4.17. The zero-order valence-corrected chi connectivity index (χ0v) is 20.0. The highest BCUT2D eigenvalue weighted by molar-refractivity contribution is 5.69. The van der Waals surface area contributed by atoms with E-state index in [4.69, 9.17) is 19.3 Å². The van der Waals surface area contributed by atoms with Gasteiger partial charge in [-0.15, -0.1) is 0 Å². The van der Waals surface area contributed by atoms with E-state index in [2.05, 4.69) is 20.8 Å². The average molecular weight is 438 g/mol. The van der Waals surface area contributed by atoms with Crippen LogP contribution in [-0.2, 0) is 19.0 Å². The van der Waals surface area contributed by atoms with Gasteiger partial charge in [0.05, 0.1) is 25.4 Å². The van der Waals surface area contributed by atoms with Gasteiger partial charge in [-0.1, -0.05) is 27.2 Å². The number of aliphatic carboxylic acids is 1. The lowest BCUT2D eigenvalue weighted by molar-refractivity contribution is -0.302. The lowest BCUT2D eigenvalue weighted by Crippen LogP contribution is -2.61. The first-order valence-corrected chi connectivity index (χ1v) is 12.5. The average Bonchev–Trinajstić information content (AvgIpc) is 2.71. The van der Waals surface area contributed by atoms with Gasteiger partial charge in [-0.3, -0.25) is 9.69 Å². The summed E-state index contributed by atoms with van der Waals surface area (Å²) >= 11 is 0. The molecule has 178 valence electrons. The molecular weight excluding hydrogens is 394 g/mol. The third-order valence-electron chi connectivity index (χ3n) is 9.38. The lowest BCUT2D eigenvalue weighted by atomic mass is 9.45. The molecule has 0 amide bonds. The Balaban J connectivity index is 1.34. The van der Waals surface area contributed by atoms with Crippen molar-refractivity contribution in [2.45, 2.75) is 91.1 Å². The number of fused-ring (bicyclic) bond motifs is 3. The second kappa shape index (κ2) is 9.28. The summed E-state index contributed by atoms with van der Waals surface area (Å²) in [5.41, 5.74) is 0.445. The molecule has 2 unspecified atom stereocenters. The molecule has 0 bridgehead atoms. The van der Waals surface area contributed by atoms with Crippen molar-refractivity contribution in [3.8, 4) is 0 Å². The Kier molecular flexibility index (Phi) is 7.03. The summed E-state index contributed by atoms with van der Waals surface area (Å²) in [6.45, 7) is 12.9. The van der Waals surface area contributed by atoms with E-state index in [0.29, 0.717) is 23.4 Å². The van der Waals surface area contributed by atoms with Crippen LogP contribution < -0.4 is 0 Å². The number of hydrogen-bond acceptors (Lipinski definition) is 5. The molecule has 2 saturated heterocycles. The summed E-state index contributed by atoms with van der Waals surface area (Å²) in [7, 11) is 0. The quantitative estimate of drug-likeness (QED) is 0.673. The van der Waals surface area contributed by atoms with Crippen molar-refractivity contribution in [3.05, 3.63) is 0 Å². The molecule has 2 aliphatic heterocycles. The predicted molar refractivity (Wildman–Crippen MR) is 119 cm³/mol. The van der Waals surface area contributed by atoms with Crippen LogP contribution in [0.25, 0.3) is 0 Å². The van der Waals surface area contributed by atoms with Crippen molar-refractivity contribution >= 4 is 5.97 Å². The molecule has 4 rings (SSSR count). The first-order valence-electron chi connectivity index (χ1n) is 12.5. The summed E-state index contributed by atoms with van der Waals surface area (Å²) < 4.78 is 18.6. The number of piperidine rings is 1. The Morgan fingerprint density at radius 3 is 2.55 bits per heavy atom. The SMILES string of the molecule is CC1CCC2[C@]3(C)CO[C@@H](C)O[C@@H]3CC[C@@]2(C)[C@@H]1CCOC1CCN(CC(=O)O)CC1. The van der Waals surface area contributed by atoms with Crippen LogP contribution in [0.4, 0.5) is 0 Å². The first-order chi connectivity index (χ1) is 14.7. The molecule has 0 aromatic heterocycles. The van der Waals surface area contributed by atoms with E-state index >= 15 is 0 Å². The van der Waals surface area contributed by atoms with Crippen LogP contribution in [0.5, 0.6) is 0 Å². The minimum Gasteiger partial charge on any atom is -0.480 e. The van der Waals surface area contributed by atoms with Gasteiger partial charge in [0.2, 0.25) is 0 Å². The highest BCUT2D eigenvalue weighted by Gasteiger charge is 2.60. The maximum atomic E-state index is 10.9.